The standard InChI is InChI=1S/C33H55N3O5S/c1-4-6-7-8-9-10-11-12-13-14-15-16-17-19-22-34-32(38)40-26-30-24-31(42-30)27-41-33(39)36(28(3)37)25-29-21-18-20-23-35(29)5-2/h18,20-21,23,30-31H,4-17,19,22,24-27H2,1-3H3/p+1/t30-,31-/m1/s1. The van der Waals surface area contributed by atoms with Gasteiger partial charge in [0.2, 0.25) is 11.6 Å². The predicted octanol–water partition coefficient (Wildman–Crippen LogP) is 7.56. The molecule has 9 heteroatoms. The zero-order valence-electron chi connectivity index (χ0n) is 26.5. The van der Waals surface area contributed by atoms with Crippen molar-refractivity contribution in [3.05, 3.63) is 30.1 Å². The number of pyridine rings is 1. The topological polar surface area (TPSA) is 88.8 Å². The average Bonchev–Trinajstić information content (AvgIpc) is 2.96. The third kappa shape index (κ3) is 15.3. The first-order valence-electron chi connectivity index (χ1n) is 16.4. The number of thioether (sulfide) groups is 1. The highest BCUT2D eigenvalue weighted by Gasteiger charge is 2.33. The number of aryl methyl sites for hydroxylation is 1. The van der Waals surface area contributed by atoms with E-state index in [0.717, 1.165) is 36.4 Å². The van der Waals surface area contributed by atoms with E-state index in [1.165, 1.54) is 84.0 Å². The molecule has 1 N–H and O–H groups in total. The summed E-state index contributed by atoms with van der Waals surface area (Å²) in [7, 11) is 0. The summed E-state index contributed by atoms with van der Waals surface area (Å²) in [6.07, 6.45) is 20.2. The van der Waals surface area contributed by atoms with Crippen molar-refractivity contribution in [1.29, 1.82) is 0 Å². The van der Waals surface area contributed by atoms with E-state index in [1.807, 2.05) is 35.9 Å². The van der Waals surface area contributed by atoms with Crippen LogP contribution < -0.4 is 9.88 Å². The lowest BCUT2D eigenvalue weighted by Crippen LogP contribution is -2.44. The summed E-state index contributed by atoms with van der Waals surface area (Å²) in [5.41, 5.74) is 0.866. The molecular weight excluding hydrogens is 550 g/mol. The number of nitrogens with zero attached hydrogens (tertiary/aromatic N) is 2. The number of alkyl carbamates (subject to hydrolysis) is 1. The molecule has 0 bridgehead atoms. The number of nitrogens with one attached hydrogen (secondary N) is 1. The number of aromatic nitrogens is 1. The van der Waals surface area contributed by atoms with Gasteiger partial charge in [0, 0.05) is 36.1 Å². The molecule has 42 heavy (non-hydrogen) atoms. The molecule has 1 aromatic heterocycles. The van der Waals surface area contributed by atoms with Gasteiger partial charge < -0.3 is 14.8 Å². The molecule has 0 radical (unpaired) electrons. The zero-order valence-corrected chi connectivity index (χ0v) is 27.3. The van der Waals surface area contributed by atoms with Gasteiger partial charge in [0.05, 0.1) is 0 Å². The third-order valence-electron chi connectivity index (χ3n) is 7.80. The second-order valence-electron chi connectivity index (χ2n) is 11.4. The van der Waals surface area contributed by atoms with E-state index in [4.69, 9.17) is 9.47 Å². The van der Waals surface area contributed by atoms with Gasteiger partial charge in [0.15, 0.2) is 6.20 Å². The molecule has 2 atom stereocenters. The molecule has 1 aromatic rings. The summed E-state index contributed by atoms with van der Waals surface area (Å²) in [4.78, 5) is 37.8. The Morgan fingerprint density at radius 2 is 1.40 bits per heavy atom. The van der Waals surface area contributed by atoms with Crippen molar-refractivity contribution < 1.29 is 28.4 Å². The highest BCUT2D eigenvalue weighted by molar-refractivity contribution is 8.01. The van der Waals surface area contributed by atoms with Crippen molar-refractivity contribution in [2.75, 3.05) is 19.8 Å². The number of imide groups is 1. The Morgan fingerprint density at radius 1 is 0.857 bits per heavy atom. The van der Waals surface area contributed by atoms with E-state index in [-0.39, 0.29) is 35.7 Å². The van der Waals surface area contributed by atoms with E-state index >= 15 is 0 Å². The maximum absolute atomic E-state index is 12.6. The summed E-state index contributed by atoms with van der Waals surface area (Å²) in [5, 5.41) is 3.20. The van der Waals surface area contributed by atoms with Crippen molar-refractivity contribution in [1.82, 2.24) is 10.2 Å². The molecule has 0 aromatic carbocycles. The first-order valence-corrected chi connectivity index (χ1v) is 17.4. The Kier molecular flexibility index (Phi) is 19.0. The minimum atomic E-state index is -0.628. The highest BCUT2D eigenvalue weighted by atomic mass is 32.2. The summed E-state index contributed by atoms with van der Waals surface area (Å²) >= 11 is 1.65. The van der Waals surface area contributed by atoms with E-state index in [2.05, 4.69) is 12.2 Å². The molecule has 0 spiro atoms. The Morgan fingerprint density at radius 3 is 1.95 bits per heavy atom. The molecular formula is C33H56N3O5S+. The second kappa shape index (κ2) is 22.3. The smallest absolute Gasteiger partial charge is 0.417 e. The van der Waals surface area contributed by atoms with Crippen LogP contribution in [0.2, 0.25) is 0 Å². The van der Waals surface area contributed by atoms with Crippen LogP contribution in [0.15, 0.2) is 24.4 Å². The lowest BCUT2D eigenvalue weighted by atomic mass is 10.0. The van der Waals surface area contributed by atoms with Gasteiger partial charge in [-0.15, -0.1) is 11.8 Å². The second-order valence-corrected chi connectivity index (χ2v) is 13.0. The Bertz CT molecular complexity index is 909. The molecule has 1 aliphatic rings. The molecule has 1 aliphatic heterocycles. The van der Waals surface area contributed by atoms with E-state index in [1.54, 1.807) is 11.8 Å². The number of carbonyl (C=O) groups is 3. The van der Waals surface area contributed by atoms with Crippen molar-refractivity contribution in [3.63, 3.8) is 0 Å². The van der Waals surface area contributed by atoms with Gasteiger partial charge in [-0.1, -0.05) is 96.5 Å². The van der Waals surface area contributed by atoms with Gasteiger partial charge in [-0.25, -0.2) is 19.1 Å². The molecule has 1 fully saturated rings. The van der Waals surface area contributed by atoms with E-state index in [9.17, 15) is 14.4 Å². The van der Waals surface area contributed by atoms with Crippen molar-refractivity contribution in [2.45, 2.75) is 141 Å². The number of hydrogen-bond donors (Lipinski definition) is 1. The minimum absolute atomic E-state index is 0.146. The van der Waals surface area contributed by atoms with Crippen LogP contribution >= 0.6 is 11.8 Å². The number of rotatable bonds is 22. The third-order valence-corrected chi connectivity index (χ3v) is 9.23. The number of hydrogen-bond acceptors (Lipinski definition) is 6. The summed E-state index contributed by atoms with van der Waals surface area (Å²) in [6.45, 7) is 7.81. The highest BCUT2D eigenvalue weighted by Crippen LogP contribution is 2.36. The molecule has 2 heterocycles. The van der Waals surface area contributed by atoms with Crippen LogP contribution in [0.1, 0.15) is 123 Å². The predicted molar refractivity (Wildman–Crippen MR) is 169 cm³/mol. The molecule has 1 saturated heterocycles. The molecule has 238 valence electrons. The molecule has 3 amide bonds. The lowest BCUT2D eigenvalue weighted by Gasteiger charge is -2.34. The molecule has 0 saturated carbocycles. The van der Waals surface area contributed by atoms with Gasteiger partial charge >= 0.3 is 12.2 Å². The monoisotopic (exact) mass is 606 g/mol. The fraction of sp³-hybridized carbons (Fsp3) is 0.758. The fourth-order valence-corrected chi connectivity index (χ4v) is 6.34. The fourth-order valence-electron chi connectivity index (χ4n) is 5.17. The normalized spacial score (nSPS) is 16.0. The summed E-state index contributed by atoms with van der Waals surface area (Å²) in [6, 6.07) is 5.70. The molecule has 0 unspecified atom stereocenters. The number of unbranched alkanes of at least 4 members (excludes halogenated alkanes) is 13. The number of ether oxygens (including phenoxy) is 2. The average molecular weight is 607 g/mol. The SMILES string of the molecule is CCCCCCCCCCCCCCCCNC(=O)OC[C@H]1C[C@H](COC(=O)N(Cc2cccc[n+]2CC)C(C)=O)S1. The lowest BCUT2D eigenvalue weighted by molar-refractivity contribution is -0.701. The quantitative estimate of drug-likeness (QED) is 0.108. The van der Waals surface area contributed by atoms with Gasteiger partial charge in [-0.3, -0.25) is 4.79 Å². The van der Waals surface area contributed by atoms with E-state index < -0.39 is 6.09 Å². The first-order chi connectivity index (χ1) is 20.4. The molecule has 2 rings (SSSR count). The van der Waals surface area contributed by atoms with Crippen LogP contribution in [0.25, 0.3) is 0 Å². The van der Waals surface area contributed by atoms with Crippen LogP contribution in [0.4, 0.5) is 9.59 Å². The van der Waals surface area contributed by atoms with Gasteiger partial charge in [-0.2, -0.15) is 0 Å². The maximum atomic E-state index is 12.6. The van der Waals surface area contributed by atoms with Crippen molar-refractivity contribution in [3.8, 4) is 0 Å². The van der Waals surface area contributed by atoms with Gasteiger partial charge in [0.25, 0.3) is 0 Å². The van der Waals surface area contributed by atoms with Gasteiger partial charge in [-0.05, 0) is 19.8 Å². The first kappa shape index (κ1) is 35.9. The number of amides is 3. The zero-order chi connectivity index (χ0) is 30.4. The van der Waals surface area contributed by atoms with Crippen LogP contribution in [0.5, 0.6) is 0 Å². The van der Waals surface area contributed by atoms with Crippen LogP contribution in [-0.4, -0.2) is 53.3 Å². The van der Waals surface area contributed by atoms with Gasteiger partial charge in [0.1, 0.15) is 26.3 Å². The largest absolute Gasteiger partial charge is 0.448 e. The summed E-state index contributed by atoms with van der Waals surface area (Å²) in [5.74, 6) is -0.348. The Labute approximate surface area is 258 Å². The molecule has 0 aliphatic carbocycles. The maximum Gasteiger partial charge on any atom is 0.417 e. The Hall–Kier alpha value is -2.29. The van der Waals surface area contributed by atoms with Crippen molar-refractivity contribution in [2.24, 2.45) is 0 Å². The number of carbonyl (C=O) groups excluding carboxylic acids is 3. The summed E-state index contributed by atoms with van der Waals surface area (Å²) < 4.78 is 12.8. The Balaban J connectivity index is 1.43. The minimum Gasteiger partial charge on any atom is -0.448 e. The van der Waals surface area contributed by atoms with E-state index in [0.29, 0.717) is 13.2 Å². The van der Waals surface area contributed by atoms with Crippen molar-refractivity contribution >= 4 is 29.9 Å². The van der Waals surface area contributed by atoms with Crippen LogP contribution in [0.3, 0.4) is 0 Å². The van der Waals surface area contributed by atoms with Crippen LogP contribution in [-0.2, 0) is 27.4 Å². The molecule has 8 nitrogen and oxygen atoms in total. The van der Waals surface area contributed by atoms with Crippen LogP contribution in [0, 0.1) is 0 Å².